The largest absolute Gasteiger partial charge is 0.353 e. The van der Waals surface area contributed by atoms with E-state index in [1.54, 1.807) is 0 Å². The van der Waals surface area contributed by atoms with Crippen LogP contribution in [0, 0.1) is 11.8 Å². The Morgan fingerprint density at radius 1 is 0.852 bits per heavy atom. The summed E-state index contributed by atoms with van der Waals surface area (Å²) in [6.45, 7) is 3.85. The lowest BCUT2D eigenvalue weighted by atomic mass is 9.93. The van der Waals surface area contributed by atoms with Crippen molar-refractivity contribution < 1.29 is 9.59 Å². The fourth-order valence-corrected chi connectivity index (χ4v) is 5.36. The molecule has 4 rings (SSSR count). The van der Waals surface area contributed by atoms with E-state index in [0.717, 1.165) is 83.5 Å². The van der Waals surface area contributed by atoms with Gasteiger partial charge in [-0.05, 0) is 57.4 Å². The molecule has 4 fully saturated rings. The van der Waals surface area contributed by atoms with Crippen molar-refractivity contribution in [3.05, 3.63) is 0 Å². The monoisotopic (exact) mass is 375 g/mol. The maximum absolute atomic E-state index is 12.5. The number of carbonyl (C=O) groups excluding carboxylic acids is 2. The molecule has 152 valence electrons. The van der Waals surface area contributed by atoms with Crippen LogP contribution in [0.1, 0.15) is 77.0 Å². The van der Waals surface area contributed by atoms with Gasteiger partial charge in [-0.3, -0.25) is 14.5 Å². The van der Waals surface area contributed by atoms with Crippen LogP contribution in [-0.4, -0.2) is 59.9 Å². The molecule has 0 bridgehead atoms. The molecule has 5 nitrogen and oxygen atoms in total. The fraction of sp³-hybridized carbons (Fsp3) is 0.909. The van der Waals surface area contributed by atoms with Crippen LogP contribution in [0.4, 0.5) is 0 Å². The number of carbonyl (C=O) groups is 2. The predicted molar refractivity (Wildman–Crippen MR) is 106 cm³/mol. The third-order valence-corrected chi connectivity index (χ3v) is 7.32. The van der Waals surface area contributed by atoms with Gasteiger partial charge in [0.2, 0.25) is 11.8 Å². The van der Waals surface area contributed by atoms with E-state index in [1.165, 1.54) is 25.7 Å². The van der Waals surface area contributed by atoms with Gasteiger partial charge in [0.1, 0.15) is 0 Å². The first kappa shape index (κ1) is 19.2. The molecule has 0 spiro atoms. The lowest BCUT2D eigenvalue weighted by molar-refractivity contribution is -0.133. The van der Waals surface area contributed by atoms with Crippen LogP contribution in [0.15, 0.2) is 0 Å². The molecular formula is C22H37N3O2. The van der Waals surface area contributed by atoms with Crippen molar-refractivity contribution in [2.45, 2.75) is 89.1 Å². The minimum atomic E-state index is 0.172. The van der Waals surface area contributed by atoms with Crippen molar-refractivity contribution in [3.8, 4) is 0 Å². The highest BCUT2D eigenvalue weighted by Crippen LogP contribution is 2.29. The van der Waals surface area contributed by atoms with Crippen LogP contribution in [0.5, 0.6) is 0 Å². The van der Waals surface area contributed by atoms with Crippen LogP contribution in [-0.2, 0) is 9.59 Å². The van der Waals surface area contributed by atoms with E-state index in [2.05, 4.69) is 15.1 Å². The minimum absolute atomic E-state index is 0.172. The Hall–Kier alpha value is -1.10. The molecule has 0 aromatic heterocycles. The number of amides is 2. The van der Waals surface area contributed by atoms with Gasteiger partial charge in [-0.1, -0.05) is 25.7 Å². The molecule has 2 heterocycles. The molecule has 1 unspecified atom stereocenters. The lowest BCUT2D eigenvalue weighted by Crippen LogP contribution is -2.51. The summed E-state index contributed by atoms with van der Waals surface area (Å²) < 4.78 is 0. The molecule has 2 aliphatic carbocycles. The molecule has 4 aliphatic rings. The van der Waals surface area contributed by atoms with E-state index in [1.807, 2.05) is 0 Å². The molecule has 5 heteroatoms. The molecule has 0 radical (unpaired) electrons. The van der Waals surface area contributed by atoms with Crippen molar-refractivity contribution in [1.29, 1.82) is 0 Å². The first-order chi connectivity index (χ1) is 13.2. The minimum Gasteiger partial charge on any atom is -0.353 e. The first-order valence-corrected chi connectivity index (χ1v) is 11.5. The zero-order chi connectivity index (χ0) is 18.6. The molecule has 1 atom stereocenters. The number of hydrogen-bond acceptors (Lipinski definition) is 3. The second kappa shape index (κ2) is 8.93. The van der Waals surface area contributed by atoms with Gasteiger partial charge in [-0.2, -0.15) is 0 Å². The summed E-state index contributed by atoms with van der Waals surface area (Å²) in [7, 11) is 0. The fourth-order valence-electron chi connectivity index (χ4n) is 5.36. The van der Waals surface area contributed by atoms with Gasteiger partial charge in [0.15, 0.2) is 0 Å². The second-order valence-electron chi connectivity index (χ2n) is 9.42. The summed E-state index contributed by atoms with van der Waals surface area (Å²) in [4.78, 5) is 29.6. The summed E-state index contributed by atoms with van der Waals surface area (Å²) >= 11 is 0. The topological polar surface area (TPSA) is 52.7 Å². The Kier molecular flexibility index (Phi) is 6.36. The predicted octanol–water partition coefficient (Wildman–Crippen LogP) is 2.94. The van der Waals surface area contributed by atoms with E-state index in [9.17, 15) is 9.59 Å². The highest BCUT2D eigenvalue weighted by Gasteiger charge is 2.34. The molecule has 2 saturated carbocycles. The summed E-state index contributed by atoms with van der Waals surface area (Å²) in [6.07, 6.45) is 13.9. The van der Waals surface area contributed by atoms with Crippen molar-refractivity contribution in [2.24, 2.45) is 11.8 Å². The second-order valence-corrected chi connectivity index (χ2v) is 9.42. The molecule has 1 N–H and O–H groups in total. The molecule has 27 heavy (non-hydrogen) atoms. The van der Waals surface area contributed by atoms with Crippen molar-refractivity contribution in [1.82, 2.24) is 15.1 Å². The number of hydrogen-bond donors (Lipinski definition) is 1. The third kappa shape index (κ3) is 5.24. The molecule has 2 aliphatic heterocycles. The van der Waals surface area contributed by atoms with E-state index in [-0.39, 0.29) is 11.8 Å². The number of nitrogens with one attached hydrogen (secondary N) is 1. The van der Waals surface area contributed by atoms with Crippen molar-refractivity contribution in [3.63, 3.8) is 0 Å². The maximum atomic E-state index is 12.5. The van der Waals surface area contributed by atoms with Gasteiger partial charge in [0, 0.05) is 38.1 Å². The van der Waals surface area contributed by atoms with E-state index < -0.39 is 0 Å². The average molecular weight is 376 g/mol. The third-order valence-electron chi connectivity index (χ3n) is 7.32. The normalized spacial score (nSPS) is 28.4. The molecule has 0 aromatic carbocycles. The summed E-state index contributed by atoms with van der Waals surface area (Å²) in [5, 5.41) is 3.19. The van der Waals surface area contributed by atoms with Gasteiger partial charge < -0.3 is 10.2 Å². The Balaban J connectivity index is 1.18. The zero-order valence-electron chi connectivity index (χ0n) is 16.8. The van der Waals surface area contributed by atoms with Gasteiger partial charge >= 0.3 is 0 Å². The lowest BCUT2D eigenvalue weighted by Gasteiger charge is -2.42. The average Bonchev–Trinajstić information content (AvgIpc) is 3.37. The molecule has 0 aromatic rings. The number of piperidine rings is 2. The Labute approximate surface area is 164 Å². The first-order valence-electron chi connectivity index (χ1n) is 11.5. The Morgan fingerprint density at radius 3 is 2.30 bits per heavy atom. The van der Waals surface area contributed by atoms with Crippen LogP contribution in [0.25, 0.3) is 0 Å². The Morgan fingerprint density at radius 2 is 1.59 bits per heavy atom. The van der Waals surface area contributed by atoms with Crippen LogP contribution in [0.3, 0.4) is 0 Å². The van der Waals surface area contributed by atoms with Gasteiger partial charge in [0.25, 0.3) is 0 Å². The summed E-state index contributed by atoms with van der Waals surface area (Å²) in [5.74, 6) is 1.63. The maximum Gasteiger partial charge on any atom is 0.224 e. The van der Waals surface area contributed by atoms with Crippen LogP contribution < -0.4 is 5.32 Å². The number of rotatable bonds is 6. The highest BCUT2D eigenvalue weighted by molar-refractivity contribution is 5.79. The highest BCUT2D eigenvalue weighted by atomic mass is 16.2. The molecule has 2 amide bonds. The SMILES string of the molecule is O=C(NC1CC1)C1CCCN(C2CCN(C(=O)CCC3CCCC3)CC2)C1. The molecule has 2 saturated heterocycles. The summed E-state index contributed by atoms with van der Waals surface area (Å²) in [5.41, 5.74) is 0. The standard InChI is InChI=1S/C22H37N3O2/c26-21(10-7-17-4-1-2-5-17)24-14-11-20(12-15-24)25-13-3-6-18(16-25)22(27)23-19-8-9-19/h17-20H,1-16H2,(H,23,27). The van der Waals surface area contributed by atoms with E-state index in [4.69, 9.17) is 0 Å². The van der Waals surface area contributed by atoms with E-state index in [0.29, 0.717) is 18.0 Å². The quantitative estimate of drug-likeness (QED) is 0.777. The van der Waals surface area contributed by atoms with Gasteiger partial charge in [-0.15, -0.1) is 0 Å². The zero-order valence-corrected chi connectivity index (χ0v) is 16.8. The van der Waals surface area contributed by atoms with E-state index >= 15 is 0 Å². The number of likely N-dealkylation sites (tertiary alicyclic amines) is 2. The van der Waals surface area contributed by atoms with Crippen LogP contribution >= 0.6 is 0 Å². The van der Waals surface area contributed by atoms with Gasteiger partial charge in [-0.25, -0.2) is 0 Å². The molecular weight excluding hydrogens is 338 g/mol. The smallest absolute Gasteiger partial charge is 0.224 e. The van der Waals surface area contributed by atoms with Crippen molar-refractivity contribution >= 4 is 11.8 Å². The van der Waals surface area contributed by atoms with Gasteiger partial charge in [0.05, 0.1) is 5.92 Å². The van der Waals surface area contributed by atoms with Crippen LogP contribution in [0.2, 0.25) is 0 Å². The number of nitrogens with zero attached hydrogens (tertiary/aromatic N) is 2. The summed E-state index contributed by atoms with van der Waals surface area (Å²) in [6, 6.07) is 1.02. The Bertz CT molecular complexity index is 520. The van der Waals surface area contributed by atoms with Crippen molar-refractivity contribution in [2.75, 3.05) is 26.2 Å².